The molecule has 2 amide bonds. The molecule has 1 aromatic rings. The van der Waals surface area contributed by atoms with E-state index in [1.807, 2.05) is 32.0 Å². The Balaban J connectivity index is 0.00000288. The zero-order valence-corrected chi connectivity index (χ0v) is 16.1. The van der Waals surface area contributed by atoms with Crippen molar-refractivity contribution in [2.24, 2.45) is 0 Å². The molecule has 0 unspecified atom stereocenters. The Kier molecular flexibility index (Phi) is 8.69. The summed E-state index contributed by atoms with van der Waals surface area (Å²) in [5.41, 5.74) is 1.76. The molecular weight excluding hydrogens is 398 g/mol. The monoisotopic (exact) mass is 419 g/mol. The third-order valence-electron chi connectivity index (χ3n) is 3.71. The lowest BCUT2D eigenvalue weighted by molar-refractivity contribution is -0.128. The molecule has 1 fully saturated rings. The quantitative estimate of drug-likeness (QED) is 0.681. The lowest BCUT2D eigenvalue weighted by Gasteiger charge is -2.29. The van der Waals surface area contributed by atoms with Crippen molar-refractivity contribution in [2.45, 2.75) is 32.4 Å². The first-order valence-corrected chi connectivity index (χ1v) is 8.45. The van der Waals surface area contributed by atoms with Crippen LogP contribution in [0.2, 0.25) is 0 Å². The fourth-order valence-corrected chi connectivity index (χ4v) is 2.89. The van der Waals surface area contributed by atoms with Crippen LogP contribution in [0.1, 0.15) is 18.9 Å². The van der Waals surface area contributed by atoms with E-state index < -0.39 is 0 Å². The fourth-order valence-electron chi connectivity index (χ4n) is 2.42. The number of aryl methyl sites for hydroxylation is 1. The van der Waals surface area contributed by atoms with Crippen molar-refractivity contribution in [3.8, 4) is 0 Å². The molecule has 134 valence electrons. The van der Waals surface area contributed by atoms with Crippen LogP contribution < -0.4 is 16.0 Å². The molecule has 0 bridgehead atoms. The number of carbonyl (C=O) groups excluding carboxylic acids is 2. The van der Waals surface area contributed by atoms with Crippen molar-refractivity contribution in [2.75, 3.05) is 25.0 Å². The van der Waals surface area contributed by atoms with Gasteiger partial charge in [0, 0.05) is 29.7 Å². The normalized spacial score (nSPS) is 20.0. The van der Waals surface area contributed by atoms with E-state index >= 15 is 0 Å². The third-order valence-corrected chi connectivity index (χ3v) is 4.21. The highest BCUT2D eigenvalue weighted by molar-refractivity contribution is 9.10. The second-order valence-electron chi connectivity index (χ2n) is 5.56. The van der Waals surface area contributed by atoms with Crippen molar-refractivity contribution in [3.05, 3.63) is 28.2 Å². The van der Waals surface area contributed by atoms with Crippen LogP contribution in [0.15, 0.2) is 22.7 Å². The molecule has 1 heterocycles. The van der Waals surface area contributed by atoms with Crippen molar-refractivity contribution in [1.82, 2.24) is 10.6 Å². The number of hydrogen-bond acceptors (Lipinski definition) is 4. The van der Waals surface area contributed by atoms with Crippen LogP contribution in [-0.2, 0) is 14.3 Å². The van der Waals surface area contributed by atoms with E-state index in [4.69, 9.17) is 4.74 Å². The summed E-state index contributed by atoms with van der Waals surface area (Å²) in [4.78, 5) is 24.0. The van der Waals surface area contributed by atoms with Gasteiger partial charge in [-0.15, -0.1) is 12.4 Å². The summed E-state index contributed by atoms with van der Waals surface area (Å²) in [5.74, 6) is -0.263. The number of ether oxygens (including phenoxy) is 1. The minimum absolute atomic E-state index is 0. The number of benzene rings is 1. The summed E-state index contributed by atoms with van der Waals surface area (Å²) in [7, 11) is 0. The second-order valence-corrected chi connectivity index (χ2v) is 6.47. The molecule has 0 aliphatic carbocycles. The maximum absolute atomic E-state index is 12.0. The lowest BCUT2D eigenvalue weighted by Crippen LogP contribution is -2.55. The van der Waals surface area contributed by atoms with E-state index in [9.17, 15) is 9.59 Å². The molecule has 0 saturated carbocycles. The van der Waals surface area contributed by atoms with Crippen LogP contribution in [-0.4, -0.2) is 43.7 Å². The van der Waals surface area contributed by atoms with Crippen molar-refractivity contribution < 1.29 is 14.3 Å². The van der Waals surface area contributed by atoms with Crippen LogP contribution in [0, 0.1) is 6.92 Å². The fraction of sp³-hybridized carbons (Fsp3) is 0.500. The predicted octanol–water partition coefficient (Wildman–Crippen LogP) is 2.00. The van der Waals surface area contributed by atoms with Crippen LogP contribution in [0.3, 0.4) is 0 Å². The van der Waals surface area contributed by atoms with Gasteiger partial charge >= 0.3 is 0 Å². The Hall–Kier alpha value is -1.15. The zero-order chi connectivity index (χ0) is 16.8. The van der Waals surface area contributed by atoms with Crippen LogP contribution in [0.25, 0.3) is 0 Å². The number of hydrogen-bond donors (Lipinski definition) is 3. The maximum Gasteiger partial charge on any atom is 0.239 e. The van der Waals surface area contributed by atoms with Crippen molar-refractivity contribution in [1.29, 1.82) is 0 Å². The van der Waals surface area contributed by atoms with Gasteiger partial charge in [-0.2, -0.15) is 0 Å². The first kappa shape index (κ1) is 20.9. The molecule has 1 saturated heterocycles. The molecule has 8 heteroatoms. The van der Waals surface area contributed by atoms with Crippen molar-refractivity contribution >= 4 is 45.8 Å². The molecule has 0 spiro atoms. The summed E-state index contributed by atoms with van der Waals surface area (Å²) in [6.45, 7) is 5.36. The highest BCUT2D eigenvalue weighted by Gasteiger charge is 2.27. The summed E-state index contributed by atoms with van der Waals surface area (Å²) >= 11 is 3.39. The van der Waals surface area contributed by atoms with Crippen molar-refractivity contribution in [3.63, 3.8) is 0 Å². The Morgan fingerprint density at radius 3 is 2.83 bits per heavy atom. The van der Waals surface area contributed by atoms with Crippen LogP contribution in [0.4, 0.5) is 5.69 Å². The molecule has 1 aromatic carbocycles. The number of amides is 2. The van der Waals surface area contributed by atoms with Gasteiger partial charge in [-0.05, 0) is 37.6 Å². The third kappa shape index (κ3) is 6.05. The predicted molar refractivity (Wildman–Crippen MR) is 99.6 cm³/mol. The van der Waals surface area contributed by atoms with Gasteiger partial charge in [0.2, 0.25) is 11.8 Å². The van der Waals surface area contributed by atoms with E-state index in [0.717, 1.165) is 15.7 Å². The second kappa shape index (κ2) is 9.98. The van der Waals surface area contributed by atoms with Gasteiger partial charge < -0.3 is 20.7 Å². The van der Waals surface area contributed by atoms with E-state index in [1.54, 1.807) is 0 Å². The topological polar surface area (TPSA) is 79.5 Å². The van der Waals surface area contributed by atoms with Gasteiger partial charge in [0.05, 0.1) is 12.7 Å². The number of nitrogens with one attached hydrogen (secondary N) is 3. The lowest BCUT2D eigenvalue weighted by atomic mass is 10.1. The Bertz CT molecular complexity index is 586. The molecule has 1 aliphatic rings. The standard InChI is InChI=1S/C16H22BrN3O3.ClH/c1-10-9-12(17)3-4-13(10)20-14(21)5-6-19-16(22)15-11(2)23-8-7-18-15;/h3-4,9,11,15,18H,5-8H2,1-2H3,(H,19,22)(H,20,21);1H/t11-,15+;/m1./s1. The number of anilines is 1. The number of morpholine rings is 1. The minimum Gasteiger partial charge on any atom is -0.375 e. The molecule has 24 heavy (non-hydrogen) atoms. The largest absolute Gasteiger partial charge is 0.375 e. The smallest absolute Gasteiger partial charge is 0.239 e. The maximum atomic E-state index is 12.0. The highest BCUT2D eigenvalue weighted by Crippen LogP contribution is 2.20. The van der Waals surface area contributed by atoms with Gasteiger partial charge in [0.15, 0.2) is 0 Å². The molecular formula is C16H23BrClN3O3. The van der Waals surface area contributed by atoms with Gasteiger partial charge in [-0.3, -0.25) is 9.59 Å². The number of halogens is 2. The average Bonchev–Trinajstić information content (AvgIpc) is 2.50. The van der Waals surface area contributed by atoms with E-state index in [2.05, 4.69) is 31.9 Å². The summed E-state index contributed by atoms with van der Waals surface area (Å²) in [5, 5.41) is 8.74. The SMILES string of the molecule is Cc1cc(Br)ccc1NC(=O)CCNC(=O)[C@H]1NCCO[C@@H]1C.Cl. The molecule has 0 radical (unpaired) electrons. The van der Waals surface area contributed by atoms with Gasteiger partial charge in [0.25, 0.3) is 0 Å². The molecule has 0 aromatic heterocycles. The van der Waals surface area contributed by atoms with E-state index in [-0.39, 0.29) is 42.8 Å². The molecule has 1 aliphatic heterocycles. The van der Waals surface area contributed by atoms with E-state index in [1.165, 1.54) is 0 Å². The molecule has 6 nitrogen and oxygen atoms in total. The Morgan fingerprint density at radius 1 is 1.42 bits per heavy atom. The number of rotatable bonds is 5. The molecule has 2 atom stereocenters. The first-order valence-electron chi connectivity index (χ1n) is 7.66. The van der Waals surface area contributed by atoms with Crippen LogP contribution in [0.5, 0.6) is 0 Å². The molecule has 3 N–H and O–H groups in total. The summed E-state index contributed by atoms with van der Waals surface area (Å²) in [6.07, 6.45) is 0.0615. The highest BCUT2D eigenvalue weighted by atomic mass is 79.9. The first-order chi connectivity index (χ1) is 11.0. The minimum atomic E-state index is -0.361. The van der Waals surface area contributed by atoms with Crippen LogP contribution >= 0.6 is 28.3 Å². The summed E-state index contributed by atoms with van der Waals surface area (Å²) < 4.78 is 6.40. The van der Waals surface area contributed by atoms with Gasteiger partial charge in [-0.25, -0.2) is 0 Å². The average molecular weight is 421 g/mol. The summed E-state index contributed by atoms with van der Waals surface area (Å²) in [6, 6.07) is 5.30. The number of carbonyl (C=O) groups is 2. The molecule has 2 rings (SSSR count). The van der Waals surface area contributed by atoms with E-state index in [0.29, 0.717) is 19.7 Å². The Morgan fingerprint density at radius 2 is 2.17 bits per heavy atom. The zero-order valence-electron chi connectivity index (χ0n) is 13.7. The van der Waals surface area contributed by atoms with Gasteiger partial charge in [-0.1, -0.05) is 15.9 Å². The van der Waals surface area contributed by atoms with Gasteiger partial charge in [0.1, 0.15) is 6.04 Å². The Labute approximate surface area is 156 Å².